The number of aromatic nitrogens is 1. The van der Waals surface area contributed by atoms with Gasteiger partial charge in [-0.1, -0.05) is 12.2 Å². The number of hydrogen-bond acceptors (Lipinski definition) is 4. The Balaban J connectivity index is 2.85. The van der Waals surface area contributed by atoms with Crippen LogP contribution in [0.25, 0.3) is 0 Å². The van der Waals surface area contributed by atoms with Crippen LogP contribution in [0, 0.1) is 0 Å². The maximum absolute atomic E-state index is 11.8. The molecular formula is C11H17N3O2S. The largest absolute Gasteiger partial charge is 0.366 e. The summed E-state index contributed by atoms with van der Waals surface area (Å²) in [5.41, 5.74) is 0.983. The lowest BCUT2D eigenvalue weighted by atomic mass is 10.3. The summed E-state index contributed by atoms with van der Waals surface area (Å²) in [6.45, 7) is 6.28. The van der Waals surface area contributed by atoms with Gasteiger partial charge >= 0.3 is 0 Å². The van der Waals surface area contributed by atoms with Crippen LogP contribution in [0.1, 0.15) is 6.92 Å². The van der Waals surface area contributed by atoms with Crippen molar-refractivity contribution in [1.82, 2.24) is 9.29 Å². The molecule has 0 spiro atoms. The standard InChI is InChI=1S/C11H17N3O2S/c1-9(2)7-12-11-6-5-10(8-13-11)17(15,16)14(3)4/h5-6,8H,1,7H2,2-4H3,(H,12,13). The second-order valence-electron chi connectivity index (χ2n) is 3.98. The Morgan fingerprint density at radius 1 is 1.47 bits per heavy atom. The molecule has 0 aromatic carbocycles. The molecule has 5 nitrogen and oxygen atoms in total. The SMILES string of the molecule is C=C(C)CNc1ccc(S(=O)(=O)N(C)C)cn1. The maximum Gasteiger partial charge on any atom is 0.244 e. The van der Waals surface area contributed by atoms with Gasteiger partial charge in [-0.3, -0.25) is 0 Å². The smallest absolute Gasteiger partial charge is 0.244 e. The second-order valence-corrected chi connectivity index (χ2v) is 6.13. The zero-order valence-corrected chi connectivity index (χ0v) is 11.1. The van der Waals surface area contributed by atoms with Crippen LogP contribution in [-0.4, -0.2) is 38.3 Å². The van der Waals surface area contributed by atoms with E-state index in [1.54, 1.807) is 6.07 Å². The highest BCUT2D eigenvalue weighted by molar-refractivity contribution is 7.89. The van der Waals surface area contributed by atoms with E-state index >= 15 is 0 Å². The molecule has 0 aliphatic carbocycles. The summed E-state index contributed by atoms with van der Waals surface area (Å²) in [5.74, 6) is 0.630. The lowest BCUT2D eigenvalue weighted by molar-refractivity contribution is 0.520. The van der Waals surface area contributed by atoms with E-state index in [-0.39, 0.29) is 4.90 Å². The van der Waals surface area contributed by atoms with Crippen molar-refractivity contribution in [2.45, 2.75) is 11.8 Å². The van der Waals surface area contributed by atoms with Crippen molar-refractivity contribution in [1.29, 1.82) is 0 Å². The van der Waals surface area contributed by atoms with Crippen LogP contribution in [0.4, 0.5) is 5.82 Å². The van der Waals surface area contributed by atoms with Gasteiger partial charge in [-0.2, -0.15) is 0 Å². The first-order valence-corrected chi connectivity index (χ1v) is 6.55. The summed E-state index contributed by atoms with van der Waals surface area (Å²) < 4.78 is 24.7. The molecular weight excluding hydrogens is 238 g/mol. The molecule has 1 heterocycles. The number of nitrogens with one attached hydrogen (secondary N) is 1. The molecule has 1 aromatic heterocycles. The van der Waals surface area contributed by atoms with Crippen molar-refractivity contribution >= 4 is 15.8 Å². The van der Waals surface area contributed by atoms with E-state index in [0.717, 1.165) is 9.88 Å². The monoisotopic (exact) mass is 255 g/mol. The molecule has 0 atom stereocenters. The number of nitrogens with zero attached hydrogens (tertiary/aromatic N) is 2. The van der Waals surface area contributed by atoms with Gasteiger partial charge in [0.2, 0.25) is 10.0 Å². The molecule has 0 saturated carbocycles. The van der Waals surface area contributed by atoms with Gasteiger partial charge in [0.1, 0.15) is 10.7 Å². The molecule has 0 saturated heterocycles. The van der Waals surface area contributed by atoms with E-state index in [1.807, 2.05) is 6.92 Å². The zero-order chi connectivity index (χ0) is 13.1. The molecule has 0 amide bonds. The molecule has 0 fully saturated rings. The number of pyridine rings is 1. The molecule has 0 radical (unpaired) electrons. The maximum atomic E-state index is 11.8. The van der Waals surface area contributed by atoms with Crippen LogP contribution in [0.5, 0.6) is 0 Å². The molecule has 0 aliphatic rings. The van der Waals surface area contributed by atoms with Crippen LogP contribution in [0.3, 0.4) is 0 Å². The minimum Gasteiger partial charge on any atom is -0.366 e. The molecule has 1 rings (SSSR count). The predicted molar refractivity (Wildman–Crippen MR) is 68.4 cm³/mol. The summed E-state index contributed by atoms with van der Waals surface area (Å²) in [6, 6.07) is 3.17. The number of sulfonamides is 1. The van der Waals surface area contributed by atoms with Crippen LogP contribution in [0.2, 0.25) is 0 Å². The Kier molecular flexibility index (Phi) is 4.25. The van der Waals surface area contributed by atoms with Crippen LogP contribution in [-0.2, 0) is 10.0 Å². The van der Waals surface area contributed by atoms with Crippen LogP contribution < -0.4 is 5.32 Å². The highest BCUT2D eigenvalue weighted by Gasteiger charge is 2.16. The van der Waals surface area contributed by atoms with Gasteiger partial charge in [0, 0.05) is 26.8 Å². The van der Waals surface area contributed by atoms with E-state index in [4.69, 9.17) is 0 Å². The third-order valence-corrected chi connectivity index (χ3v) is 3.88. The lowest BCUT2D eigenvalue weighted by Gasteiger charge is -2.11. The molecule has 1 aromatic rings. The highest BCUT2D eigenvalue weighted by Crippen LogP contribution is 2.13. The van der Waals surface area contributed by atoms with Crippen LogP contribution in [0.15, 0.2) is 35.4 Å². The van der Waals surface area contributed by atoms with Crippen molar-refractivity contribution in [2.75, 3.05) is 26.0 Å². The van der Waals surface area contributed by atoms with Gasteiger partial charge in [0.25, 0.3) is 0 Å². The minimum absolute atomic E-state index is 0.184. The molecule has 94 valence electrons. The molecule has 0 bridgehead atoms. The van der Waals surface area contributed by atoms with Gasteiger partial charge < -0.3 is 5.32 Å². The van der Waals surface area contributed by atoms with Gasteiger partial charge in [0.15, 0.2) is 0 Å². The number of hydrogen-bond donors (Lipinski definition) is 1. The van der Waals surface area contributed by atoms with Gasteiger partial charge in [0.05, 0.1) is 0 Å². The Morgan fingerprint density at radius 2 is 2.12 bits per heavy atom. The molecule has 6 heteroatoms. The first kappa shape index (κ1) is 13.7. The normalized spacial score (nSPS) is 11.5. The summed E-state index contributed by atoms with van der Waals surface area (Å²) in [5, 5.41) is 3.03. The van der Waals surface area contributed by atoms with Crippen molar-refractivity contribution in [2.24, 2.45) is 0 Å². The van der Waals surface area contributed by atoms with Crippen molar-refractivity contribution in [3.8, 4) is 0 Å². The fourth-order valence-electron chi connectivity index (χ4n) is 1.09. The quantitative estimate of drug-likeness (QED) is 0.806. The Labute approximate surface area is 102 Å². The fraction of sp³-hybridized carbons (Fsp3) is 0.364. The van der Waals surface area contributed by atoms with E-state index in [2.05, 4.69) is 16.9 Å². The first-order chi connectivity index (χ1) is 7.84. The molecule has 17 heavy (non-hydrogen) atoms. The highest BCUT2D eigenvalue weighted by atomic mass is 32.2. The van der Waals surface area contributed by atoms with Gasteiger partial charge in [-0.15, -0.1) is 0 Å². The van der Waals surface area contributed by atoms with E-state index in [9.17, 15) is 8.42 Å². The van der Waals surface area contributed by atoms with Crippen LogP contribution >= 0.6 is 0 Å². The number of rotatable bonds is 5. The minimum atomic E-state index is -3.40. The lowest BCUT2D eigenvalue weighted by Crippen LogP contribution is -2.22. The Bertz CT molecular complexity index is 492. The summed E-state index contributed by atoms with van der Waals surface area (Å²) in [6.07, 6.45) is 1.34. The Morgan fingerprint density at radius 3 is 2.53 bits per heavy atom. The zero-order valence-electron chi connectivity index (χ0n) is 10.3. The van der Waals surface area contributed by atoms with Gasteiger partial charge in [-0.05, 0) is 19.1 Å². The van der Waals surface area contributed by atoms with Crippen molar-refractivity contribution < 1.29 is 8.42 Å². The second kappa shape index (κ2) is 5.29. The third-order valence-electron chi connectivity index (χ3n) is 2.09. The molecule has 1 N–H and O–H groups in total. The summed E-state index contributed by atoms with van der Waals surface area (Å²) in [7, 11) is -0.422. The van der Waals surface area contributed by atoms with E-state index in [1.165, 1.54) is 26.4 Å². The Hall–Kier alpha value is -1.40. The van der Waals surface area contributed by atoms with Gasteiger partial charge in [-0.25, -0.2) is 17.7 Å². The molecule has 0 aliphatic heterocycles. The number of anilines is 1. The average molecular weight is 255 g/mol. The van der Waals surface area contributed by atoms with Crippen molar-refractivity contribution in [3.63, 3.8) is 0 Å². The molecule has 0 unspecified atom stereocenters. The predicted octanol–water partition coefficient (Wildman–Crippen LogP) is 1.32. The van der Waals surface area contributed by atoms with E-state index in [0.29, 0.717) is 12.4 Å². The first-order valence-electron chi connectivity index (χ1n) is 5.11. The average Bonchev–Trinajstić information content (AvgIpc) is 2.26. The fourth-order valence-corrected chi connectivity index (χ4v) is 1.94. The topological polar surface area (TPSA) is 62.3 Å². The van der Waals surface area contributed by atoms with Crippen molar-refractivity contribution in [3.05, 3.63) is 30.5 Å². The summed E-state index contributed by atoms with van der Waals surface area (Å²) >= 11 is 0. The third kappa shape index (κ3) is 3.54. The van der Waals surface area contributed by atoms with E-state index < -0.39 is 10.0 Å². The summed E-state index contributed by atoms with van der Waals surface area (Å²) in [4.78, 5) is 4.22.